The highest BCUT2D eigenvalue weighted by Crippen LogP contribution is 2.50. The van der Waals surface area contributed by atoms with Crippen LogP contribution in [0.2, 0.25) is 0 Å². The number of hydrogen-bond acceptors (Lipinski definition) is 2. The van der Waals surface area contributed by atoms with E-state index in [0.717, 1.165) is 12.8 Å². The van der Waals surface area contributed by atoms with Crippen molar-refractivity contribution < 1.29 is 0 Å². The van der Waals surface area contributed by atoms with Crippen LogP contribution in [0.1, 0.15) is 47.0 Å². The van der Waals surface area contributed by atoms with Gasteiger partial charge in [0, 0.05) is 12.2 Å². The zero-order valence-corrected chi connectivity index (χ0v) is 12.8. The van der Waals surface area contributed by atoms with Crippen molar-refractivity contribution in [3.05, 3.63) is 30.3 Å². The average Bonchev–Trinajstić information content (AvgIpc) is 2.26. The molecule has 1 saturated carbocycles. The monoisotopic (exact) mass is 260 g/mol. The van der Waals surface area contributed by atoms with E-state index in [9.17, 15) is 0 Å². The van der Waals surface area contributed by atoms with E-state index in [0.29, 0.717) is 17.4 Å². The van der Waals surface area contributed by atoms with Gasteiger partial charge in [0.25, 0.3) is 0 Å². The zero-order valence-electron chi connectivity index (χ0n) is 12.8. The van der Waals surface area contributed by atoms with Gasteiger partial charge in [0.1, 0.15) is 0 Å². The minimum Gasteiger partial charge on any atom is -0.378 e. The Hall–Kier alpha value is -1.02. The first-order valence-electron chi connectivity index (χ1n) is 7.29. The minimum absolute atomic E-state index is 0.0204. The third-order valence-corrected chi connectivity index (χ3v) is 4.17. The van der Waals surface area contributed by atoms with E-state index >= 15 is 0 Å². The maximum absolute atomic E-state index is 6.17. The molecular formula is C17H28N2. The Morgan fingerprint density at radius 1 is 0.947 bits per heavy atom. The molecule has 0 radical (unpaired) electrons. The predicted molar refractivity (Wildman–Crippen MR) is 83.3 cm³/mol. The Kier molecular flexibility index (Phi) is 3.65. The summed E-state index contributed by atoms with van der Waals surface area (Å²) >= 11 is 0. The van der Waals surface area contributed by atoms with E-state index < -0.39 is 0 Å². The number of nitrogens with one attached hydrogen (secondary N) is 1. The molecule has 2 heteroatoms. The number of hydrogen-bond donors (Lipinski definition) is 2. The summed E-state index contributed by atoms with van der Waals surface area (Å²) in [6.07, 6.45) is 3.53. The van der Waals surface area contributed by atoms with E-state index in [-0.39, 0.29) is 5.54 Å². The highest BCUT2D eigenvalue weighted by molar-refractivity contribution is 5.45. The average molecular weight is 260 g/mol. The predicted octanol–water partition coefficient (Wildman–Crippen LogP) is 4.03. The molecule has 2 nitrogen and oxygen atoms in total. The molecule has 1 aromatic carbocycles. The van der Waals surface area contributed by atoms with Crippen LogP contribution in [0, 0.1) is 10.8 Å². The summed E-state index contributed by atoms with van der Waals surface area (Å²) in [5, 5.41) is 3.73. The molecule has 0 bridgehead atoms. The normalized spacial score (nSPS) is 23.8. The van der Waals surface area contributed by atoms with Gasteiger partial charge < -0.3 is 11.1 Å². The molecule has 0 aliphatic heterocycles. The highest BCUT2D eigenvalue weighted by Gasteiger charge is 2.46. The van der Waals surface area contributed by atoms with Crippen molar-refractivity contribution >= 4 is 5.69 Å². The van der Waals surface area contributed by atoms with Crippen LogP contribution in [0.15, 0.2) is 30.3 Å². The molecule has 0 amide bonds. The first kappa shape index (κ1) is 14.4. The van der Waals surface area contributed by atoms with Crippen LogP contribution in [-0.2, 0) is 0 Å². The number of nitrogens with two attached hydrogens (primary N) is 1. The van der Waals surface area contributed by atoms with Gasteiger partial charge in [-0.15, -0.1) is 0 Å². The molecule has 0 unspecified atom stereocenters. The molecular weight excluding hydrogens is 232 g/mol. The maximum Gasteiger partial charge on any atom is 0.0505 e. The Labute approximate surface area is 117 Å². The molecule has 0 atom stereocenters. The summed E-state index contributed by atoms with van der Waals surface area (Å²) in [6, 6.07) is 10.5. The summed E-state index contributed by atoms with van der Waals surface area (Å²) in [5.41, 5.74) is 8.04. The van der Waals surface area contributed by atoms with Crippen molar-refractivity contribution in [2.45, 2.75) is 52.5 Å². The van der Waals surface area contributed by atoms with Crippen molar-refractivity contribution in [2.24, 2.45) is 16.6 Å². The van der Waals surface area contributed by atoms with Crippen molar-refractivity contribution in [3.63, 3.8) is 0 Å². The smallest absolute Gasteiger partial charge is 0.0505 e. The van der Waals surface area contributed by atoms with Gasteiger partial charge in [-0.25, -0.2) is 0 Å². The third-order valence-electron chi connectivity index (χ3n) is 4.17. The van der Waals surface area contributed by atoms with Crippen molar-refractivity contribution in [2.75, 3.05) is 11.9 Å². The number of rotatable bonds is 3. The largest absolute Gasteiger partial charge is 0.378 e. The lowest BCUT2D eigenvalue weighted by Crippen LogP contribution is -2.55. The van der Waals surface area contributed by atoms with E-state index in [1.165, 1.54) is 12.1 Å². The molecule has 1 aliphatic rings. The van der Waals surface area contributed by atoms with Gasteiger partial charge >= 0.3 is 0 Å². The number of para-hydroxylation sites is 1. The van der Waals surface area contributed by atoms with Crippen LogP contribution >= 0.6 is 0 Å². The fourth-order valence-electron chi connectivity index (χ4n) is 4.43. The lowest BCUT2D eigenvalue weighted by molar-refractivity contribution is 0.0623. The molecule has 3 N–H and O–H groups in total. The summed E-state index contributed by atoms with van der Waals surface area (Å²) in [7, 11) is 0. The van der Waals surface area contributed by atoms with Gasteiger partial charge in [0.15, 0.2) is 0 Å². The van der Waals surface area contributed by atoms with E-state index in [1.54, 1.807) is 0 Å². The van der Waals surface area contributed by atoms with E-state index in [1.807, 2.05) is 0 Å². The van der Waals surface area contributed by atoms with Gasteiger partial charge in [-0.1, -0.05) is 45.9 Å². The molecule has 2 rings (SSSR count). The summed E-state index contributed by atoms with van der Waals surface area (Å²) < 4.78 is 0. The Morgan fingerprint density at radius 2 is 1.47 bits per heavy atom. The number of benzene rings is 1. The van der Waals surface area contributed by atoms with Gasteiger partial charge in [-0.05, 0) is 42.2 Å². The SMILES string of the molecule is CC1(C)CC(C)(C)CC(CN)(Nc2ccccc2)C1. The molecule has 0 saturated heterocycles. The van der Waals surface area contributed by atoms with Crippen LogP contribution in [0.25, 0.3) is 0 Å². The summed E-state index contributed by atoms with van der Waals surface area (Å²) in [5.74, 6) is 0. The zero-order chi connectivity index (χ0) is 14.1. The Bertz CT molecular complexity index is 404. The molecule has 1 aliphatic carbocycles. The molecule has 1 aromatic rings. The standard InChI is InChI=1S/C17H28N2/c1-15(2)10-16(3,4)12-17(11-15,13-18)19-14-8-6-5-7-9-14/h5-9,19H,10-13,18H2,1-4H3. The fraction of sp³-hybridized carbons (Fsp3) is 0.647. The van der Waals surface area contributed by atoms with Gasteiger partial charge in [-0.3, -0.25) is 0 Å². The third kappa shape index (κ3) is 3.50. The molecule has 106 valence electrons. The fourth-order valence-corrected chi connectivity index (χ4v) is 4.43. The topological polar surface area (TPSA) is 38.0 Å². The molecule has 1 fully saturated rings. The molecule has 0 spiro atoms. The summed E-state index contributed by atoms with van der Waals surface area (Å²) in [4.78, 5) is 0. The van der Waals surface area contributed by atoms with Crippen molar-refractivity contribution in [1.29, 1.82) is 0 Å². The number of anilines is 1. The van der Waals surface area contributed by atoms with Gasteiger partial charge in [0.05, 0.1) is 5.54 Å². The lowest BCUT2D eigenvalue weighted by atomic mass is 9.58. The first-order chi connectivity index (χ1) is 8.76. The van der Waals surface area contributed by atoms with Crippen molar-refractivity contribution in [1.82, 2.24) is 0 Å². The van der Waals surface area contributed by atoms with Crippen LogP contribution in [-0.4, -0.2) is 12.1 Å². The lowest BCUT2D eigenvalue weighted by Gasteiger charge is -2.52. The maximum atomic E-state index is 6.17. The summed E-state index contributed by atoms with van der Waals surface area (Å²) in [6.45, 7) is 10.2. The second kappa shape index (κ2) is 4.82. The van der Waals surface area contributed by atoms with Gasteiger partial charge in [0.2, 0.25) is 0 Å². The van der Waals surface area contributed by atoms with Crippen molar-refractivity contribution in [3.8, 4) is 0 Å². The quantitative estimate of drug-likeness (QED) is 0.861. The van der Waals surface area contributed by atoms with Crippen LogP contribution in [0.5, 0.6) is 0 Å². The second-order valence-corrected chi connectivity index (χ2v) is 7.83. The molecule has 19 heavy (non-hydrogen) atoms. The molecule has 0 aromatic heterocycles. The van der Waals surface area contributed by atoms with Crippen LogP contribution < -0.4 is 11.1 Å². The van der Waals surface area contributed by atoms with Gasteiger partial charge in [-0.2, -0.15) is 0 Å². The Morgan fingerprint density at radius 3 is 1.95 bits per heavy atom. The first-order valence-corrected chi connectivity index (χ1v) is 7.29. The minimum atomic E-state index is 0.0204. The van der Waals surface area contributed by atoms with E-state index in [2.05, 4.69) is 63.3 Å². The highest BCUT2D eigenvalue weighted by atomic mass is 15.0. The van der Waals surface area contributed by atoms with Crippen LogP contribution in [0.3, 0.4) is 0 Å². The van der Waals surface area contributed by atoms with Crippen LogP contribution in [0.4, 0.5) is 5.69 Å². The Balaban J connectivity index is 2.26. The second-order valence-electron chi connectivity index (χ2n) is 7.83. The molecule has 0 heterocycles. The van der Waals surface area contributed by atoms with E-state index in [4.69, 9.17) is 5.73 Å².